The summed E-state index contributed by atoms with van der Waals surface area (Å²) in [6, 6.07) is 7.25. The van der Waals surface area contributed by atoms with Crippen molar-refractivity contribution in [3.8, 4) is 0 Å². The fourth-order valence-corrected chi connectivity index (χ4v) is 2.16. The number of hydrogen-bond donors (Lipinski definition) is 4. The van der Waals surface area contributed by atoms with Crippen molar-refractivity contribution in [2.24, 2.45) is 0 Å². The third kappa shape index (κ3) is 4.34. The normalized spacial score (nSPS) is 10.5. The molecule has 9 heteroatoms. The summed E-state index contributed by atoms with van der Waals surface area (Å²) < 4.78 is 4.80. The minimum Gasteiger partial charge on any atom is -0.451 e. The monoisotopic (exact) mass is 346 g/mol. The molecule has 1 aromatic heterocycles. The number of anilines is 2. The minimum absolute atomic E-state index is 0.194. The Bertz CT molecular complexity index is 913. The van der Waals surface area contributed by atoms with Gasteiger partial charge >= 0.3 is 11.7 Å². The van der Waals surface area contributed by atoms with E-state index in [9.17, 15) is 19.2 Å². The molecule has 25 heavy (non-hydrogen) atoms. The first-order chi connectivity index (χ1) is 11.8. The number of esters is 1. The summed E-state index contributed by atoms with van der Waals surface area (Å²) in [4.78, 5) is 50.4. The number of para-hydroxylation sites is 1. The summed E-state index contributed by atoms with van der Waals surface area (Å²) in [6.45, 7) is 3.37. The second-order valence-electron chi connectivity index (χ2n) is 5.56. The largest absolute Gasteiger partial charge is 0.451 e. The molecule has 0 saturated heterocycles. The number of carbonyl (C=O) groups is 2. The van der Waals surface area contributed by atoms with Crippen LogP contribution in [0.4, 0.5) is 11.4 Å². The Morgan fingerprint density at radius 1 is 1.20 bits per heavy atom. The molecule has 0 atom stereocenters. The van der Waals surface area contributed by atoms with E-state index >= 15 is 0 Å². The fraction of sp³-hybridized carbons (Fsp3) is 0.250. The van der Waals surface area contributed by atoms with E-state index < -0.39 is 41.1 Å². The molecule has 0 bridgehead atoms. The summed E-state index contributed by atoms with van der Waals surface area (Å²) in [6.07, 6.45) is 0. The molecule has 1 amide bonds. The number of nitrogens with one attached hydrogen (secondary N) is 3. The van der Waals surface area contributed by atoms with Crippen molar-refractivity contribution in [1.29, 1.82) is 0 Å². The molecule has 0 saturated carbocycles. The highest BCUT2D eigenvalue weighted by Gasteiger charge is 2.17. The number of amides is 1. The van der Waals surface area contributed by atoms with Crippen LogP contribution in [0.5, 0.6) is 0 Å². The van der Waals surface area contributed by atoms with Gasteiger partial charge < -0.3 is 15.8 Å². The first-order valence-electron chi connectivity index (χ1n) is 7.47. The summed E-state index contributed by atoms with van der Waals surface area (Å²) >= 11 is 0. The minimum atomic E-state index is -1.08. The van der Waals surface area contributed by atoms with Crippen LogP contribution in [0.15, 0.2) is 33.9 Å². The highest BCUT2D eigenvalue weighted by atomic mass is 16.5. The van der Waals surface area contributed by atoms with E-state index in [1.54, 1.807) is 12.1 Å². The van der Waals surface area contributed by atoms with Crippen molar-refractivity contribution in [3.63, 3.8) is 0 Å². The molecule has 9 nitrogen and oxygen atoms in total. The number of benzene rings is 1. The number of rotatable bonds is 5. The van der Waals surface area contributed by atoms with Crippen LogP contribution in [-0.4, -0.2) is 28.5 Å². The molecular formula is C16H18N4O5. The molecule has 2 rings (SSSR count). The summed E-state index contributed by atoms with van der Waals surface area (Å²) in [5.74, 6) is -1.44. The van der Waals surface area contributed by atoms with Gasteiger partial charge in [-0.25, -0.2) is 9.59 Å². The van der Waals surface area contributed by atoms with Crippen molar-refractivity contribution in [2.75, 3.05) is 17.7 Å². The van der Waals surface area contributed by atoms with Gasteiger partial charge in [0, 0.05) is 5.69 Å². The van der Waals surface area contributed by atoms with E-state index in [1.165, 1.54) is 0 Å². The summed E-state index contributed by atoms with van der Waals surface area (Å²) in [7, 11) is 0. The van der Waals surface area contributed by atoms with Crippen molar-refractivity contribution < 1.29 is 14.3 Å². The summed E-state index contributed by atoms with van der Waals surface area (Å²) in [5.41, 5.74) is 4.17. The number of hydrogen-bond acceptors (Lipinski definition) is 6. The van der Waals surface area contributed by atoms with Crippen LogP contribution < -0.4 is 22.3 Å². The first-order valence-corrected chi connectivity index (χ1v) is 7.47. The zero-order valence-electron chi connectivity index (χ0n) is 13.7. The van der Waals surface area contributed by atoms with Gasteiger partial charge in [0.05, 0.1) is 0 Å². The molecule has 132 valence electrons. The lowest BCUT2D eigenvalue weighted by Crippen LogP contribution is -2.30. The SMILES string of the molecule is CC(C)c1ccccc1NC(=O)COC(=O)c1[nH]c(=O)[nH]c(=O)c1N. The Kier molecular flexibility index (Phi) is 5.38. The number of nitrogen functional groups attached to an aromatic ring is 1. The average molecular weight is 346 g/mol. The van der Waals surface area contributed by atoms with E-state index in [0.717, 1.165) is 5.56 Å². The Morgan fingerprint density at radius 2 is 1.88 bits per heavy atom. The smallest absolute Gasteiger partial charge is 0.357 e. The first kappa shape index (κ1) is 18.0. The molecule has 1 heterocycles. The maximum Gasteiger partial charge on any atom is 0.357 e. The molecule has 0 unspecified atom stereocenters. The number of nitrogens with two attached hydrogens (primary N) is 1. The molecule has 0 fully saturated rings. The van der Waals surface area contributed by atoms with Gasteiger partial charge in [-0.3, -0.25) is 19.6 Å². The lowest BCUT2D eigenvalue weighted by Gasteiger charge is -2.13. The number of H-pyrrole nitrogens is 2. The van der Waals surface area contributed by atoms with Crippen molar-refractivity contribution >= 4 is 23.3 Å². The highest BCUT2D eigenvalue weighted by Crippen LogP contribution is 2.23. The van der Waals surface area contributed by atoms with Crippen LogP contribution in [0.3, 0.4) is 0 Å². The highest BCUT2D eigenvalue weighted by molar-refractivity contribution is 5.97. The molecule has 2 aromatic rings. The Labute approximate surface area is 142 Å². The lowest BCUT2D eigenvalue weighted by atomic mass is 10.0. The Balaban J connectivity index is 2.05. The number of aromatic nitrogens is 2. The lowest BCUT2D eigenvalue weighted by molar-refractivity contribution is -0.119. The molecule has 5 N–H and O–H groups in total. The number of ether oxygens (including phenoxy) is 1. The molecular weight excluding hydrogens is 328 g/mol. The van der Waals surface area contributed by atoms with Crippen molar-refractivity contribution in [1.82, 2.24) is 9.97 Å². The molecule has 1 aromatic carbocycles. The molecule has 0 spiro atoms. The van der Waals surface area contributed by atoms with Gasteiger partial charge in [-0.1, -0.05) is 32.0 Å². The van der Waals surface area contributed by atoms with Gasteiger partial charge in [0.25, 0.3) is 11.5 Å². The molecule has 0 aliphatic carbocycles. The van der Waals surface area contributed by atoms with E-state index in [-0.39, 0.29) is 5.92 Å². The fourth-order valence-electron chi connectivity index (χ4n) is 2.16. The molecule has 0 aliphatic rings. The predicted molar refractivity (Wildman–Crippen MR) is 91.5 cm³/mol. The quantitative estimate of drug-likeness (QED) is 0.582. The second-order valence-corrected chi connectivity index (χ2v) is 5.56. The molecule has 0 aliphatic heterocycles. The Hall–Kier alpha value is -3.36. The van der Waals surface area contributed by atoms with E-state index in [4.69, 9.17) is 10.5 Å². The van der Waals surface area contributed by atoms with Gasteiger partial charge in [0.1, 0.15) is 5.69 Å². The second kappa shape index (κ2) is 7.47. The third-order valence-electron chi connectivity index (χ3n) is 3.37. The zero-order valence-corrected chi connectivity index (χ0v) is 13.7. The van der Waals surface area contributed by atoms with Gasteiger partial charge in [0.2, 0.25) is 0 Å². The third-order valence-corrected chi connectivity index (χ3v) is 3.37. The van der Waals surface area contributed by atoms with Crippen LogP contribution in [0.2, 0.25) is 0 Å². The predicted octanol–water partition coefficient (Wildman–Crippen LogP) is 0.564. The van der Waals surface area contributed by atoms with E-state index in [0.29, 0.717) is 5.69 Å². The van der Waals surface area contributed by atoms with Crippen LogP contribution >= 0.6 is 0 Å². The van der Waals surface area contributed by atoms with Crippen LogP contribution in [0.1, 0.15) is 35.8 Å². The van der Waals surface area contributed by atoms with Crippen molar-refractivity contribution in [3.05, 3.63) is 56.4 Å². The number of aromatic amines is 2. The maximum absolute atomic E-state index is 12.0. The topological polar surface area (TPSA) is 147 Å². The van der Waals surface area contributed by atoms with Crippen molar-refractivity contribution in [2.45, 2.75) is 19.8 Å². The van der Waals surface area contributed by atoms with Gasteiger partial charge in [-0.05, 0) is 17.5 Å². The average Bonchev–Trinajstić information content (AvgIpc) is 2.56. The van der Waals surface area contributed by atoms with Crippen LogP contribution in [-0.2, 0) is 9.53 Å². The Morgan fingerprint density at radius 3 is 2.56 bits per heavy atom. The number of carbonyl (C=O) groups excluding carboxylic acids is 2. The van der Waals surface area contributed by atoms with Gasteiger partial charge in [-0.15, -0.1) is 0 Å². The van der Waals surface area contributed by atoms with Crippen LogP contribution in [0, 0.1) is 0 Å². The van der Waals surface area contributed by atoms with E-state index in [1.807, 2.05) is 31.0 Å². The van der Waals surface area contributed by atoms with Gasteiger partial charge in [-0.2, -0.15) is 0 Å². The maximum atomic E-state index is 12.0. The molecule has 0 radical (unpaired) electrons. The van der Waals surface area contributed by atoms with Gasteiger partial charge in [0.15, 0.2) is 12.3 Å². The van der Waals surface area contributed by atoms with E-state index in [2.05, 4.69) is 10.3 Å². The standard InChI is InChI=1S/C16H18N4O5/c1-8(2)9-5-3-4-6-10(9)18-11(21)7-25-15(23)13-12(17)14(22)20-16(24)19-13/h3-6,8H,7,17H2,1-2H3,(H,18,21)(H2,19,20,22,24). The zero-order chi connectivity index (χ0) is 18.6. The van der Waals surface area contributed by atoms with Crippen LogP contribution in [0.25, 0.3) is 0 Å². The summed E-state index contributed by atoms with van der Waals surface area (Å²) in [5, 5.41) is 2.65.